The number of ether oxygens (including phenoxy) is 1. The summed E-state index contributed by atoms with van der Waals surface area (Å²) in [4.78, 5) is 2.24. The number of aromatic nitrogens is 3. The summed E-state index contributed by atoms with van der Waals surface area (Å²) in [5.74, 6) is 1.85. The minimum Gasteiger partial charge on any atom is -0.378 e. The molecular weight excluding hydrogens is 248 g/mol. The Hall–Kier alpha value is -1.01. The normalized spacial score (nSPS) is 16.0. The number of rotatable bonds is 5. The summed E-state index contributed by atoms with van der Waals surface area (Å²) in [6.07, 6.45) is 0. The third kappa shape index (κ3) is 3.05. The molecule has 0 atom stereocenters. The Morgan fingerprint density at radius 3 is 2.72 bits per heavy atom. The molecule has 0 saturated carbocycles. The maximum atomic E-state index is 5.36. The first-order valence-electron chi connectivity index (χ1n) is 6.25. The number of thioether (sulfide) groups is 1. The standard InChI is InChI=1S/C12H20N4OS/c1-4-16-11(15-5-7-17-8-6-15)13-14-12(16)18-9-10(2)3/h2,4-9H2,1,3H3. The second-order valence-electron chi connectivity index (χ2n) is 4.37. The van der Waals surface area contributed by atoms with E-state index in [1.165, 1.54) is 0 Å². The van der Waals surface area contributed by atoms with Crippen LogP contribution in [-0.4, -0.2) is 46.8 Å². The Morgan fingerprint density at radius 2 is 2.11 bits per heavy atom. The molecule has 0 amide bonds. The monoisotopic (exact) mass is 268 g/mol. The van der Waals surface area contributed by atoms with E-state index in [-0.39, 0.29) is 0 Å². The van der Waals surface area contributed by atoms with E-state index in [1.54, 1.807) is 11.8 Å². The first kappa shape index (κ1) is 13.4. The van der Waals surface area contributed by atoms with Gasteiger partial charge in [0.1, 0.15) is 0 Å². The molecule has 6 heteroatoms. The molecule has 5 nitrogen and oxygen atoms in total. The average Bonchev–Trinajstić information content (AvgIpc) is 2.80. The predicted octanol–water partition coefficient (Wildman–Crippen LogP) is 1.80. The fourth-order valence-electron chi connectivity index (χ4n) is 1.85. The summed E-state index contributed by atoms with van der Waals surface area (Å²) in [5, 5.41) is 9.58. The molecular formula is C12H20N4OS. The molecule has 18 heavy (non-hydrogen) atoms. The van der Waals surface area contributed by atoms with Crippen LogP contribution < -0.4 is 4.90 Å². The third-order valence-corrected chi connectivity index (χ3v) is 3.95. The number of hydrogen-bond donors (Lipinski definition) is 0. The minimum absolute atomic E-state index is 0.769. The van der Waals surface area contributed by atoms with E-state index >= 15 is 0 Å². The molecule has 0 unspecified atom stereocenters. The molecule has 1 aliphatic rings. The highest BCUT2D eigenvalue weighted by molar-refractivity contribution is 7.99. The Bertz CT molecular complexity index is 412. The van der Waals surface area contributed by atoms with Gasteiger partial charge in [-0.15, -0.1) is 10.2 Å². The lowest BCUT2D eigenvalue weighted by molar-refractivity contribution is 0.121. The average molecular weight is 268 g/mol. The van der Waals surface area contributed by atoms with Gasteiger partial charge in [-0.3, -0.25) is 4.57 Å². The van der Waals surface area contributed by atoms with Crippen LogP contribution in [0.3, 0.4) is 0 Å². The van der Waals surface area contributed by atoms with E-state index in [0.717, 1.165) is 55.3 Å². The van der Waals surface area contributed by atoms with Crippen molar-refractivity contribution >= 4 is 17.7 Å². The van der Waals surface area contributed by atoms with Gasteiger partial charge in [0.25, 0.3) is 0 Å². The number of nitrogens with zero attached hydrogens (tertiary/aromatic N) is 4. The molecule has 1 saturated heterocycles. The van der Waals surface area contributed by atoms with Crippen molar-refractivity contribution in [2.24, 2.45) is 0 Å². The highest BCUT2D eigenvalue weighted by Crippen LogP contribution is 2.23. The number of anilines is 1. The van der Waals surface area contributed by atoms with Crippen LogP contribution in [0, 0.1) is 0 Å². The summed E-state index contributed by atoms with van der Waals surface area (Å²) in [5.41, 5.74) is 1.15. The van der Waals surface area contributed by atoms with Crippen molar-refractivity contribution in [1.29, 1.82) is 0 Å². The first-order chi connectivity index (χ1) is 8.72. The van der Waals surface area contributed by atoms with Crippen molar-refractivity contribution in [3.8, 4) is 0 Å². The van der Waals surface area contributed by atoms with Crippen LogP contribution in [0.1, 0.15) is 13.8 Å². The van der Waals surface area contributed by atoms with Gasteiger partial charge in [0, 0.05) is 25.4 Å². The van der Waals surface area contributed by atoms with Crippen LogP contribution in [-0.2, 0) is 11.3 Å². The van der Waals surface area contributed by atoms with E-state index in [9.17, 15) is 0 Å². The van der Waals surface area contributed by atoms with E-state index in [2.05, 4.69) is 33.2 Å². The van der Waals surface area contributed by atoms with Crippen molar-refractivity contribution in [2.45, 2.75) is 25.5 Å². The van der Waals surface area contributed by atoms with Gasteiger partial charge in [-0.05, 0) is 13.8 Å². The van der Waals surface area contributed by atoms with Crippen LogP contribution in [0.5, 0.6) is 0 Å². The minimum atomic E-state index is 0.769. The SMILES string of the molecule is C=C(C)CSc1nnc(N2CCOCC2)n1CC. The lowest BCUT2D eigenvalue weighted by Gasteiger charge is -2.27. The molecule has 0 aromatic carbocycles. The van der Waals surface area contributed by atoms with Gasteiger partial charge in [0.2, 0.25) is 5.95 Å². The van der Waals surface area contributed by atoms with Gasteiger partial charge in [0.15, 0.2) is 5.16 Å². The second kappa shape index (κ2) is 6.24. The van der Waals surface area contributed by atoms with Crippen molar-refractivity contribution in [3.63, 3.8) is 0 Å². The maximum Gasteiger partial charge on any atom is 0.228 e. The molecule has 100 valence electrons. The molecule has 1 aliphatic heterocycles. The summed E-state index contributed by atoms with van der Waals surface area (Å²) in [6, 6.07) is 0. The number of hydrogen-bond acceptors (Lipinski definition) is 5. The molecule has 2 heterocycles. The zero-order valence-electron chi connectivity index (χ0n) is 11.1. The third-order valence-electron chi connectivity index (χ3n) is 2.76. The molecule has 1 aromatic rings. The molecule has 0 spiro atoms. The van der Waals surface area contributed by atoms with Crippen molar-refractivity contribution in [3.05, 3.63) is 12.2 Å². The first-order valence-corrected chi connectivity index (χ1v) is 7.24. The highest BCUT2D eigenvalue weighted by Gasteiger charge is 2.19. The predicted molar refractivity (Wildman–Crippen MR) is 74.3 cm³/mol. The Labute approximate surface area is 112 Å². The van der Waals surface area contributed by atoms with Gasteiger partial charge in [-0.25, -0.2) is 0 Å². The second-order valence-corrected chi connectivity index (χ2v) is 5.31. The molecule has 0 N–H and O–H groups in total. The van der Waals surface area contributed by atoms with Crippen LogP contribution >= 0.6 is 11.8 Å². The summed E-state index contributed by atoms with van der Waals surface area (Å²) in [6.45, 7) is 12.3. The topological polar surface area (TPSA) is 43.2 Å². The summed E-state index contributed by atoms with van der Waals surface area (Å²) >= 11 is 1.70. The van der Waals surface area contributed by atoms with Gasteiger partial charge < -0.3 is 9.64 Å². The van der Waals surface area contributed by atoms with Crippen LogP contribution in [0.2, 0.25) is 0 Å². The quantitative estimate of drug-likeness (QED) is 0.602. The van der Waals surface area contributed by atoms with Crippen LogP contribution in [0.25, 0.3) is 0 Å². The maximum absolute atomic E-state index is 5.36. The van der Waals surface area contributed by atoms with Crippen molar-refractivity contribution < 1.29 is 4.74 Å². The van der Waals surface area contributed by atoms with Crippen molar-refractivity contribution in [1.82, 2.24) is 14.8 Å². The molecule has 0 bridgehead atoms. The van der Waals surface area contributed by atoms with Gasteiger partial charge in [-0.2, -0.15) is 0 Å². The molecule has 1 fully saturated rings. The van der Waals surface area contributed by atoms with Crippen LogP contribution in [0.15, 0.2) is 17.3 Å². The van der Waals surface area contributed by atoms with Crippen LogP contribution in [0.4, 0.5) is 5.95 Å². The summed E-state index contributed by atoms with van der Waals surface area (Å²) in [7, 11) is 0. The smallest absolute Gasteiger partial charge is 0.228 e. The fourth-order valence-corrected chi connectivity index (χ4v) is 2.69. The summed E-state index contributed by atoms with van der Waals surface area (Å²) < 4.78 is 7.53. The Kier molecular flexibility index (Phi) is 4.66. The lowest BCUT2D eigenvalue weighted by Crippen LogP contribution is -2.38. The number of morpholine rings is 1. The highest BCUT2D eigenvalue weighted by atomic mass is 32.2. The fraction of sp³-hybridized carbons (Fsp3) is 0.667. The molecule has 1 aromatic heterocycles. The van der Waals surface area contributed by atoms with E-state index in [0.29, 0.717) is 0 Å². The lowest BCUT2D eigenvalue weighted by atomic mass is 10.4. The van der Waals surface area contributed by atoms with E-state index in [4.69, 9.17) is 4.74 Å². The molecule has 2 rings (SSSR count). The Balaban J connectivity index is 2.12. The largest absolute Gasteiger partial charge is 0.378 e. The Morgan fingerprint density at radius 1 is 1.39 bits per heavy atom. The van der Waals surface area contributed by atoms with E-state index in [1.807, 2.05) is 6.92 Å². The zero-order valence-corrected chi connectivity index (χ0v) is 11.9. The van der Waals surface area contributed by atoms with Crippen molar-refractivity contribution in [2.75, 3.05) is 37.0 Å². The zero-order chi connectivity index (χ0) is 13.0. The van der Waals surface area contributed by atoms with Gasteiger partial charge in [0.05, 0.1) is 13.2 Å². The molecule has 0 radical (unpaired) electrons. The molecule has 0 aliphatic carbocycles. The van der Waals surface area contributed by atoms with Gasteiger partial charge >= 0.3 is 0 Å². The van der Waals surface area contributed by atoms with E-state index < -0.39 is 0 Å². The van der Waals surface area contributed by atoms with Gasteiger partial charge in [-0.1, -0.05) is 23.9 Å².